The normalized spacial score (nSPS) is 12.3. The molecule has 0 aliphatic rings. The summed E-state index contributed by atoms with van der Waals surface area (Å²) in [5, 5.41) is 13.3. The Labute approximate surface area is 279 Å². The van der Waals surface area contributed by atoms with Gasteiger partial charge in [-0.3, -0.25) is 0 Å². The van der Waals surface area contributed by atoms with E-state index in [1.54, 1.807) is 0 Å². The lowest BCUT2D eigenvalue weighted by Crippen LogP contribution is -1.88. The van der Waals surface area contributed by atoms with Gasteiger partial charge in [0.15, 0.2) is 0 Å². The second kappa shape index (κ2) is 11.0. The third-order valence-electron chi connectivity index (χ3n) is 9.95. The van der Waals surface area contributed by atoms with Gasteiger partial charge in [-0.05, 0) is 76.3 Å². The summed E-state index contributed by atoms with van der Waals surface area (Å²) in [7, 11) is 4.15. The van der Waals surface area contributed by atoms with Gasteiger partial charge in [-0.15, -0.1) is 0 Å². The Balaban J connectivity index is 1.10. The maximum Gasteiger partial charge on any atom is 0.0568 e. The zero-order chi connectivity index (χ0) is 32.4. The highest BCUT2D eigenvalue weighted by atomic mass is 14.9. The molecule has 7 aromatic carbocycles. The number of benzene rings is 7. The van der Waals surface area contributed by atoms with E-state index in [9.17, 15) is 0 Å². The number of anilines is 1. The van der Waals surface area contributed by atoms with Gasteiger partial charge in [-0.2, -0.15) is 0 Å². The van der Waals surface area contributed by atoms with E-state index < -0.39 is 0 Å². The highest BCUT2D eigenvalue weighted by Gasteiger charge is 2.15. The first-order chi connectivity index (χ1) is 23.5. The van der Waals surface area contributed by atoms with Crippen LogP contribution in [0.3, 0.4) is 0 Å². The van der Waals surface area contributed by atoms with Crippen molar-refractivity contribution in [2.24, 2.45) is 7.05 Å². The molecule has 2 N–H and O–H groups in total. The van der Waals surface area contributed by atoms with E-state index in [-0.39, 0.29) is 0 Å². The van der Waals surface area contributed by atoms with Crippen molar-refractivity contribution in [2.45, 2.75) is 6.92 Å². The number of fused-ring (bicyclic) bond motifs is 10. The van der Waals surface area contributed by atoms with Crippen molar-refractivity contribution in [3.63, 3.8) is 0 Å². The van der Waals surface area contributed by atoms with E-state index in [4.69, 9.17) is 0 Å². The molecule has 0 spiro atoms. The van der Waals surface area contributed by atoms with E-state index in [0.717, 1.165) is 5.69 Å². The largest absolute Gasteiger partial charge is 0.388 e. The number of H-pyrrole nitrogens is 1. The Morgan fingerprint density at radius 1 is 0.521 bits per heavy atom. The molecule has 9 aromatic rings. The van der Waals surface area contributed by atoms with Crippen molar-refractivity contribution in [3.05, 3.63) is 149 Å². The van der Waals surface area contributed by atoms with Crippen LogP contribution in [-0.4, -0.2) is 16.6 Å². The summed E-state index contributed by atoms with van der Waals surface area (Å²) in [4.78, 5) is 3.81. The van der Waals surface area contributed by atoms with Crippen molar-refractivity contribution < 1.29 is 0 Å². The van der Waals surface area contributed by atoms with Gasteiger partial charge in [0, 0.05) is 63.1 Å². The lowest BCUT2D eigenvalue weighted by Gasteiger charge is -2.05. The smallest absolute Gasteiger partial charge is 0.0568 e. The Hall–Kier alpha value is -6.06. The summed E-state index contributed by atoms with van der Waals surface area (Å²) in [5.41, 5.74) is 12.1. The Morgan fingerprint density at radius 3 is 1.77 bits per heavy atom. The molecule has 2 heterocycles. The number of hydrogen-bond acceptors (Lipinski definition) is 1. The van der Waals surface area contributed by atoms with E-state index in [2.05, 4.69) is 174 Å². The fraction of sp³-hybridized carbons (Fsp3) is 0.0667. The molecule has 0 atom stereocenters. The summed E-state index contributed by atoms with van der Waals surface area (Å²) in [6.07, 6.45) is 8.75. The number of rotatable bonds is 5. The molecule has 0 saturated heterocycles. The maximum absolute atomic E-state index is 3.81. The van der Waals surface area contributed by atoms with Gasteiger partial charge in [-0.25, -0.2) is 0 Å². The summed E-state index contributed by atoms with van der Waals surface area (Å²) in [6.45, 7) is 2.12. The molecule has 9 rings (SSSR count). The fourth-order valence-electron chi connectivity index (χ4n) is 7.31. The van der Waals surface area contributed by atoms with Crippen LogP contribution >= 0.6 is 0 Å². The number of nitrogens with zero attached hydrogens (tertiary/aromatic N) is 1. The van der Waals surface area contributed by atoms with Crippen LogP contribution in [0.25, 0.3) is 89.5 Å². The van der Waals surface area contributed by atoms with Crippen LogP contribution in [0.15, 0.2) is 121 Å². The van der Waals surface area contributed by atoms with Crippen molar-refractivity contribution in [3.8, 4) is 0 Å². The van der Waals surface area contributed by atoms with E-state index in [0.29, 0.717) is 0 Å². The van der Waals surface area contributed by atoms with Gasteiger partial charge in [0.2, 0.25) is 0 Å². The second-order valence-corrected chi connectivity index (χ2v) is 13.0. The van der Waals surface area contributed by atoms with Crippen LogP contribution < -0.4 is 5.32 Å². The number of aromatic amines is 1. The summed E-state index contributed by atoms with van der Waals surface area (Å²) < 4.78 is 2.37. The van der Waals surface area contributed by atoms with Gasteiger partial charge >= 0.3 is 0 Å². The van der Waals surface area contributed by atoms with Gasteiger partial charge in [0.1, 0.15) is 0 Å². The predicted molar refractivity (Wildman–Crippen MR) is 210 cm³/mol. The zero-order valence-electron chi connectivity index (χ0n) is 27.3. The summed E-state index contributed by atoms with van der Waals surface area (Å²) >= 11 is 0. The molecule has 0 bridgehead atoms. The van der Waals surface area contributed by atoms with Crippen molar-refractivity contribution >= 4 is 95.1 Å². The van der Waals surface area contributed by atoms with E-state index in [1.807, 2.05) is 7.05 Å². The van der Waals surface area contributed by atoms with Crippen LogP contribution in [-0.2, 0) is 7.05 Å². The van der Waals surface area contributed by atoms with Crippen LogP contribution in [0.1, 0.15) is 27.8 Å². The number of hydrogen-bond donors (Lipinski definition) is 2. The molecule has 0 fully saturated rings. The standard InChI is InChI=1S/C45H35N3/c1-28-4-6-29(7-5-28)8-10-32-15-21-37-34(25-32)17-23-39-41-26-42-40(27-43(41)48(3)45(37)39)38-22-16-33-24-31(14-20-36(33)44(38)47-42)11-9-30-12-18-35(46-2)19-13-30/h4-27,46-47H,1-3H3/b10-8+,11-9+. The molecule has 230 valence electrons. The Morgan fingerprint density at radius 2 is 1.08 bits per heavy atom. The van der Waals surface area contributed by atoms with Crippen LogP contribution in [0.5, 0.6) is 0 Å². The molecule has 3 nitrogen and oxygen atoms in total. The van der Waals surface area contributed by atoms with Gasteiger partial charge < -0.3 is 14.9 Å². The van der Waals surface area contributed by atoms with E-state index >= 15 is 0 Å². The monoisotopic (exact) mass is 617 g/mol. The SMILES string of the molecule is CNc1ccc(/C=C/c2ccc3c(ccc4c5cc6c(cc5[nH]c34)c3ccc4cc(/C=C/c5ccc(C)cc5)ccc4c3n6C)c2)cc1. The first-order valence-electron chi connectivity index (χ1n) is 16.6. The van der Waals surface area contributed by atoms with Crippen LogP contribution in [0, 0.1) is 6.92 Å². The maximum atomic E-state index is 3.81. The topological polar surface area (TPSA) is 32.8 Å². The minimum Gasteiger partial charge on any atom is -0.388 e. The van der Waals surface area contributed by atoms with Crippen LogP contribution in [0.2, 0.25) is 0 Å². The molecule has 0 unspecified atom stereocenters. The molecule has 48 heavy (non-hydrogen) atoms. The first kappa shape index (κ1) is 28.2. The van der Waals surface area contributed by atoms with Gasteiger partial charge in [0.25, 0.3) is 0 Å². The lowest BCUT2D eigenvalue weighted by atomic mass is 10.0. The van der Waals surface area contributed by atoms with Gasteiger partial charge in [0.05, 0.1) is 11.0 Å². The molecule has 0 amide bonds. The molecule has 3 heteroatoms. The Bertz CT molecular complexity index is 2750. The molecule has 0 aliphatic heterocycles. The number of aromatic nitrogens is 2. The zero-order valence-corrected chi connectivity index (χ0v) is 27.3. The average molecular weight is 618 g/mol. The molecule has 0 radical (unpaired) electrons. The minimum atomic E-state index is 1.12. The predicted octanol–water partition coefficient (Wildman–Crippen LogP) is 12.0. The highest BCUT2D eigenvalue weighted by molar-refractivity contribution is 6.24. The summed E-state index contributed by atoms with van der Waals surface area (Å²) in [6, 6.07) is 44.5. The van der Waals surface area contributed by atoms with Crippen LogP contribution in [0.4, 0.5) is 5.69 Å². The molecular weight excluding hydrogens is 583 g/mol. The van der Waals surface area contributed by atoms with E-state index in [1.165, 1.54) is 93.0 Å². The molecule has 0 saturated carbocycles. The number of aryl methyl sites for hydroxylation is 2. The van der Waals surface area contributed by atoms with Crippen molar-refractivity contribution in [1.82, 2.24) is 9.55 Å². The fourth-order valence-corrected chi connectivity index (χ4v) is 7.31. The minimum absolute atomic E-state index is 1.12. The Kier molecular flexibility index (Phi) is 6.48. The van der Waals surface area contributed by atoms with Gasteiger partial charge in [-0.1, -0.05) is 115 Å². The third kappa shape index (κ3) is 4.66. The average Bonchev–Trinajstić information content (AvgIpc) is 3.63. The summed E-state index contributed by atoms with van der Waals surface area (Å²) in [5.74, 6) is 0. The third-order valence-corrected chi connectivity index (χ3v) is 9.95. The second-order valence-electron chi connectivity index (χ2n) is 13.0. The lowest BCUT2D eigenvalue weighted by molar-refractivity contribution is 1.02. The first-order valence-corrected chi connectivity index (χ1v) is 16.6. The molecule has 2 aromatic heterocycles. The van der Waals surface area contributed by atoms with Crippen molar-refractivity contribution in [2.75, 3.05) is 12.4 Å². The number of nitrogens with one attached hydrogen (secondary N) is 2. The van der Waals surface area contributed by atoms with Crippen molar-refractivity contribution in [1.29, 1.82) is 0 Å². The highest BCUT2D eigenvalue weighted by Crippen LogP contribution is 2.39. The molecule has 0 aliphatic carbocycles. The quantitative estimate of drug-likeness (QED) is 0.185. The molecular formula is C45H35N3.